The average Bonchev–Trinajstić information content (AvgIpc) is 2.97. The number of fused-ring (bicyclic) bond motifs is 1. The predicted octanol–water partition coefficient (Wildman–Crippen LogP) is 5.38. The molecule has 222 valence electrons. The number of hydrogen-bond acceptors (Lipinski definition) is 7. The third-order valence-corrected chi connectivity index (χ3v) is 7.55. The molecule has 9 heteroatoms. The number of anilines is 1. The standard InChI is InChI=1S/C33H38N2O7/c1-5-41-29(32(38)39)20-22-6-13-26(14-7-22)42-19-18-35-17-16-33(2,3)27-21-25(12-15-28(27)35)30(34-40-4)23-8-10-24(11-9-23)31(36)37/h6-15,21,29H,5,16-20H2,1-4H3,(H,36,37)(H,38,39)/t29-/m0/s1. The Morgan fingerprint density at radius 2 is 1.64 bits per heavy atom. The molecule has 0 unspecified atom stereocenters. The van der Waals surface area contributed by atoms with Gasteiger partial charge in [0.25, 0.3) is 0 Å². The second-order valence-corrected chi connectivity index (χ2v) is 10.8. The fraction of sp³-hybridized carbons (Fsp3) is 0.364. The molecule has 0 spiro atoms. The molecule has 4 rings (SSSR count). The molecule has 1 aliphatic rings. The highest BCUT2D eigenvalue weighted by molar-refractivity contribution is 6.13. The van der Waals surface area contributed by atoms with Crippen LogP contribution in [0.25, 0.3) is 0 Å². The topological polar surface area (TPSA) is 118 Å². The molecule has 42 heavy (non-hydrogen) atoms. The summed E-state index contributed by atoms with van der Waals surface area (Å²) in [4.78, 5) is 30.2. The van der Waals surface area contributed by atoms with Crippen LogP contribution in [0.3, 0.4) is 0 Å². The van der Waals surface area contributed by atoms with E-state index in [0.29, 0.717) is 31.9 Å². The number of ether oxygens (including phenoxy) is 2. The maximum atomic E-state index is 11.4. The Morgan fingerprint density at radius 1 is 0.976 bits per heavy atom. The van der Waals surface area contributed by atoms with E-state index in [1.54, 1.807) is 31.2 Å². The largest absolute Gasteiger partial charge is 0.492 e. The normalized spacial score (nSPS) is 15.0. The van der Waals surface area contributed by atoms with Crippen molar-refractivity contribution in [2.24, 2.45) is 5.16 Å². The smallest absolute Gasteiger partial charge is 0.335 e. The number of aromatic carboxylic acids is 1. The molecule has 1 atom stereocenters. The van der Waals surface area contributed by atoms with E-state index in [1.807, 2.05) is 30.3 Å². The molecule has 0 saturated heterocycles. The van der Waals surface area contributed by atoms with Crippen LogP contribution in [0.5, 0.6) is 5.75 Å². The summed E-state index contributed by atoms with van der Waals surface area (Å²) in [6.45, 7) is 8.69. The highest BCUT2D eigenvalue weighted by atomic mass is 16.6. The number of hydrogen-bond donors (Lipinski definition) is 2. The van der Waals surface area contributed by atoms with E-state index in [4.69, 9.17) is 14.3 Å². The molecule has 2 N–H and O–H groups in total. The number of benzene rings is 3. The molecule has 1 aliphatic heterocycles. The van der Waals surface area contributed by atoms with Gasteiger partial charge in [-0.25, -0.2) is 9.59 Å². The first-order valence-electron chi connectivity index (χ1n) is 14.0. The minimum Gasteiger partial charge on any atom is -0.492 e. The molecular formula is C33H38N2O7. The van der Waals surface area contributed by atoms with Crippen LogP contribution >= 0.6 is 0 Å². The molecule has 0 aromatic heterocycles. The van der Waals surface area contributed by atoms with Crippen molar-refractivity contribution >= 4 is 23.3 Å². The zero-order valence-electron chi connectivity index (χ0n) is 24.5. The Morgan fingerprint density at radius 3 is 2.26 bits per heavy atom. The summed E-state index contributed by atoms with van der Waals surface area (Å²) < 4.78 is 11.4. The summed E-state index contributed by atoms with van der Waals surface area (Å²) in [5, 5.41) is 22.9. The van der Waals surface area contributed by atoms with E-state index >= 15 is 0 Å². The molecule has 0 saturated carbocycles. The number of carbonyl (C=O) groups is 2. The quantitative estimate of drug-likeness (QED) is 0.206. The molecule has 3 aromatic carbocycles. The second kappa shape index (κ2) is 13.5. The van der Waals surface area contributed by atoms with Crippen LogP contribution in [-0.2, 0) is 26.2 Å². The Hall–Kier alpha value is -4.37. The zero-order valence-corrected chi connectivity index (χ0v) is 24.5. The zero-order chi connectivity index (χ0) is 30.3. The summed E-state index contributed by atoms with van der Waals surface area (Å²) >= 11 is 0. The lowest BCUT2D eigenvalue weighted by atomic mass is 9.76. The van der Waals surface area contributed by atoms with Crippen LogP contribution in [0.2, 0.25) is 0 Å². The SMILES string of the molecule is CCO[C@@H](Cc1ccc(OCCN2CCC(C)(C)c3cc(C(=NOC)c4ccc(C(=O)O)cc4)ccc32)cc1)C(=O)O. The first kappa shape index (κ1) is 30.6. The Bertz CT molecular complexity index is 1420. The predicted molar refractivity (Wildman–Crippen MR) is 161 cm³/mol. The van der Waals surface area contributed by atoms with E-state index in [2.05, 4.69) is 36.0 Å². The summed E-state index contributed by atoms with van der Waals surface area (Å²) in [5.41, 5.74) is 5.66. The van der Waals surface area contributed by atoms with Gasteiger partial charge in [-0.05, 0) is 66.3 Å². The van der Waals surface area contributed by atoms with Gasteiger partial charge < -0.3 is 29.4 Å². The summed E-state index contributed by atoms with van der Waals surface area (Å²) in [6, 6.07) is 20.4. The lowest BCUT2D eigenvalue weighted by Gasteiger charge is -2.40. The number of oxime groups is 1. The van der Waals surface area contributed by atoms with Crippen molar-refractivity contribution in [2.75, 3.05) is 38.3 Å². The fourth-order valence-electron chi connectivity index (χ4n) is 5.17. The van der Waals surface area contributed by atoms with Crippen molar-refractivity contribution in [3.05, 3.63) is 94.5 Å². The number of carboxylic acids is 2. The van der Waals surface area contributed by atoms with E-state index < -0.39 is 18.0 Å². The lowest BCUT2D eigenvalue weighted by Crippen LogP contribution is -2.39. The van der Waals surface area contributed by atoms with Gasteiger partial charge in [0.05, 0.1) is 12.1 Å². The molecule has 0 bridgehead atoms. The molecule has 0 amide bonds. The van der Waals surface area contributed by atoms with Gasteiger partial charge in [-0.3, -0.25) is 0 Å². The van der Waals surface area contributed by atoms with E-state index in [9.17, 15) is 19.8 Å². The van der Waals surface area contributed by atoms with Crippen LogP contribution in [0, 0.1) is 0 Å². The third kappa shape index (κ3) is 7.28. The monoisotopic (exact) mass is 574 g/mol. The van der Waals surface area contributed by atoms with Crippen molar-refractivity contribution in [2.45, 2.75) is 45.1 Å². The summed E-state index contributed by atoms with van der Waals surface area (Å²) in [6.07, 6.45) is 0.406. The van der Waals surface area contributed by atoms with Crippen LogP contribution < -0.4 is 9.64 Å². The number of rotatable bonds is 13. The van der Waals surface area contributed by atoms with Crippen molar-refractivity contribution in [1.29, 1.82) is 0 Å². The van der Waals surface area contributed by atoms with E-state index in [1.165, 1.54) is 12.7 Å². The van der Waals surface area contributed by atoms with Gasteiger partial charge in [0.1, 0.15) is 25.2 Å². The Labute approximate surface area is 246 Å². The molecule has 0 fully saturated rings. The van der Waals surface area contributed by atoms with Crippen molar-refractivity contribution in [3.63, 3.8) is 0 Å². The number of nitrogens with zero attached hydrogens (tertiary/aromatic N) is 2. The molecule has 0 aliphatic carbocycles. The first-order valence-corrected chi connectivity index (χ1v) is 14.0. The molecule has 1 heterocycles. The Balaban J connectivity index is 1.46. The summed E-state index contributed by atoms with van der Waals surface area (Å²) in [5.74, 6) is -1.22. The van der Waals surface area contributed by atoms with Crippen molar-refractivity contribution < 1.29 is 34.1 Å². The van der Waals surface area contributed by atoms with Crippen LogP contribution in [0.4, 0.5) is 5.69 Å². The molecule has 0 radical (unpaired) electrons. The summed E-state index contributed by atoms with van der Waals surface area (Å²) in [7, 11) is 1.50. The maximum Gasteiger partial charge on any atom is 0.335 e. The maximum absolute atomic E-state index is 11.4. The van der Waals surface area contributed by atoms with Crippen LogP contribution in [0.15, 0.2) is 71.9 Å². The molecular weight excluding hydrogens is 536 g/mol. The van der Waals surface area contributed by atoms with Crippen LogP contribution in [-0.4, -0.2) is 67.4 Å². The molecule has 9 nitrogen and oxygen atoms in total. The van der Waals surface area contributed by atoms with Crippen molar-refractivity contribution in [1.82, 2.24) is 0 Å². The van der Waals surface area contributed by atoms with Gasteiger partial charge in [-0.1, -0.05) is 49.3 Å². The first-order chi connectivity index (χ1) is 20.1. The highest BCUT2D eigenvalue weighted by Crippen LogP contribution is 2.40. The molecule has 3 aromatic rings. The fourth-order valence-corrected chi connectivity index (χ4v) is 5.17. The lowest BCUT2D eigenvalue weighted by molar-refractivity contribution is -0.149. The second-order valence-electron chi connectivity index (χ2n) is 10.8. The third-order valence-electron chi connectivity index (χ3n) is 7.55. The number of carboxylic acid groups (broad SMARTS) is 2. The van der Waals surface area contributed by atoms with Gasteiger partial charge in [0.2, 0.25) is 0 Å². The van der Waals surface area contributed by atoms with Gasteiger partial charge in [-0.15, -0.1) is 0 Å². The highest BCUT2D eigenvalue weighted by Gasteiger charge is 2.32. The van der Waals surface area contributed by atoms with E-state index in [0.717, 1.165) is 41.1 Å². The van der Waals surface area contributed by atoms with Crippen molar-refractivity contribution in [3.8, 4) is 5.75 Å². The van der Waals surface area contributed by atoms with E-state index in [-0.39, 0.29) is 11.0 Å². The Kier molecular flexibility index (Phi) is 9.85. The van der Waals surface area contributed by atoms with Gasteiger partial charge in [0, 0.05) is 36.4 Å². The van der Waals surface area contributed by atoms with Gasteiger partial charge in [-0.2, -0.15) is 0 Å². The van der Waals surface area contributed by atoms with Crippen LogP contribution in [0.1, 0.15) is 59.8 Å². The minimum atomic E-state index is -0.977. The average molecular weight is 575 g/mol. The minimum absolute atomic E-state index is 0.0564. The number of aliphatic carboxylic acids is 1. The van der Waals surface area contributed by atoms with Gasteiger partial charge >= 0.3 is 11.9 Å². The van der Waals surface area contributed by atoms with Gasteiger partial charge in [0.15, 0.2) is 6.10 Å².